The maximum atomic E-state index is 10.9. The minimum absolute atomic E-state index is 0.0347. The van der Waals surface area contributed by atoms with Gasteiger partial charge < -0.3 is 14.9 Å². The zero-order chi connectivity index (χ0) is 15.3. The third-order valence-corrected chi connectivity index (χ3v) is 3.26. The summed E-state index contributed by atoms with van der Waals surface area (Å²) in [7, 11) is 4.03. The zero-order valence-electron chi connectivity index (χ0n) is 12.5. The first-order valence-corrected chi connectivity index (χ1v) is 6.70. The summed E-state index contributed by atoms with van der Waals surface area (Å²) in [4.78, 5) is 14.7. The molecule has 0 saturated carbocycles. The highest BCUT2D eigenvalue weighted by molar-refractivity contribution is 5.56. The molecule has 1 unspecified atom stereocenters. The predicted octanol–water partition coefficient (Wildman–Crippen LogP) is 1.86. The van der Waals surface area contributed by atoms with E-state index in [1.54, 1.807) is 12.1 Å². The molecule has 0 aliphatic rings. The summed E-state index contributed by atoms with van der Waals surface area (Å²) in [5.41, 5.74) is 1.21. The third kappa shape index (κ3) is 3.91. The van der Waals surface area contributed by atoms with Crippen LogP contribution in [0.1, 0.15) is 19.4 Å². The van der Waals surface area contributed by atoms with Crippen molar-refractivity contribution >= 4 is 11.4 Å². The Kier molecular flexibility index (Phi) is 5.91. The van der Waals surface area contributed by atoms with Crippen LogP contribution >= 0.6 is 0 Å². The molecule has 0 fully saturated rings. The highest BCUT2D eigenvalue weighted by atomic mass is 16.6. The average molecular weight is 281 g/mol. The largest absolute Gasteiger partial charge is 0.391 e. The number of nitrogens with zero attached hydrogens (tertiary/aromatic N) is 3. The van der Waals surface area contributed by atoms with Crippen molar-refractivity contribution in [3.8, 4) is 0 Å². The van der Waals surface area contributed by atoms with Crippen molar-refractivity contribution in [2.45, 2.75) is 26.5 Å². The number of aliphatic hydroxyl groups excluding tert-OH is 1. The summed E-state index contributed by atoms with van der Waals surface area (Å²) in [5.74, 6) is 0. The second-order valence-electron chi connectivity index (χ2n) is 5.13. The fraction of sp³-hybridized carbons (Fsp3) is 0.571. The molecule has 0 aromatic heterocycles. The molecule has 6 nitrogen and oxygen atoms in total. The highest BCUT2D eigenvalue weighted by Crippen LogP contribution is 2.26. The van der Waals surface area contributed by atoms with Gasteiger partial charge in [-0.15, -0.1) is 0 Å². The van der Waals surface area contributed by atoms with Crippen LogP contribution in [0.5, 0.6) is 0 Å². The Bertz CT molecular complexity index is 463. The van der Waals surface area contributed by atoms with E-state index in [-0.39, 0.29) is 18.3 Å². The second-order valence-corrected chi connectivity index (χ2v) is 5.13. The fourth-order valence-corrected chi connectivity index (χ4v) is 2.43. The molecule has 6 heteroatoms. The number of hydrogen-bond acceptors (Lipinski definition) is 5. The number of rotatable bonds is 7. The SMILES string of the molecule is CCN(c1ccc([N+](=O)[O-])c(CO)c1)C(C)CN(C)C. The van der Waals surface area contributed by atoms with Crippen LogP contribution in [0.2, 0.25) is 0 Å². The lowest BCUT2D eigenvalue weighted by molar-refractivity contribution is -0.385. The Labute approximate surface area is 119 Å². The minimum Gasteiger partial charge on any atom is -0.391 e. The zero-order valence-corrected chi connectivity index (χ0v) is 12.5. The standard InChI is InChI=1S/C14H23N3O3/c1-5-16(11(2)9-15(3)4)13-6-7-14(17(19)20)12(8-13)10-18/h6-8,11,18H,5,9-10H2,1-4H3. The number of nitro benzene ring substituents is 1. The molecule has 0 aliphatic heterocycles. The van der Waals surface area contributed by atoms with Crippen molar-refractivity contribution in [2.24, 2.45) is 0 Å². The molecule has 112 valence electrons. The molecule has 20 heavy (non-hydrogen) atoms. The maximum Gasteiger partial charge on any atom is 0.275 e. The molecule has 0 aliphatic carbocycles. The molecule has 0 saturated heterocycles. The Morgan fingerprint density at radius 1 is 1.40 bits per heavy atom. The van der Waals surface area contributed by atoms with Gasteiger partial charge >= 0.3 is 0 Å². The number of aliphatic hydroxyl groups is 1. The number of nitro groups is 1. The maximum absolute atomic E-state index is 10.9. The van der Waals surface area contributed by atoms with Gasteiger partial charge in [0.05, 0.1) is 17.1 Å². The van der Waals surface area contributed by atoms with E-state index in [0.29, 0.717) is 5.56 Å². The molecule has 1 aromatic rings. The van der Waals surface area contributed by atoms with E-state index in [9.17, 15) is 15.2 Å². The smallest absolute Gasteiger partial charge is 0.275 e. The fourth-order valence-electron chi connectivity index (χ4n) is 2.43. The van der Waals surface area contributed by atoms with Gasteiger partial charge in [-0.3, -0.25) is 10.1 Å². The molecule has 1 rings (SSSR count). The number of benzene rings is 1. The Balaban J connectivity index is 3.07. The minimum atomic E-state index is -0.463. The van der Waals surface area contributed by atoms with Crippen LogP contribution in [0.25, 0.3) is 0 Å². The molecule has 0 radical (unpaired) electrons. The van der Waals surface area contributed by atoms with E-state index < -0.39 is 4.92 Å². The van der Waals surface area contributed by atoms with Crippen LogP contribution in [0.3, 0.4) is 0 Å². The number of hydrogen-bond donors (Lipinski definition) is 1. The van der Waals surface area contributed by atoms with Crippen molar-refractivity contribution in [3.63, 3.8) is 0 Å². The lowest BCUT2D eigenvalue weighted by Crippen LogP contribution is -2.40. The van der Waals surface area contributed by atoms with E-state index in [4.69, 9.17) is 0 Å². The van der Waals surface area contributed by atoms with Crippen molar-refractivity contribution in [1.82, 2.24) is 4.90 Å². The summed E-state index contributed by atoms with van der Waals surface area (Å²) in [5, 5.41) is 20.2. The first-order valence-electron chi connectivity index (χ1n) is 6.70. The molecule has 0 bridgehead atoms. The summed E-state index contributed by atoms with van der Waals surface area (Å²) in [6.07, 6.45) is 0. The van der Waals surface area contributed by atoms with Crippen molar-refractivity contribution in [2.75, 3.05) is 32.1 Å². The normalized spacial score (nSPS) is 12.5. The summed E-state index contributed by atoms with van der Waals surface area (Å²) >= 11 is 0. The van der Waals surface area contributed by atoms with E-state index in [2.05, 4.69) is 16.7 Å². The molecular weight excluding hydrogens is 258 g/mol. The molecule has 0 amide bonds. The van der Waals surface area contributed by atoms with E-state index in [0.717, 1.165) is 18.8 Å². The van der Waals surface area contributed by atoms with Gasteiger partial charge in [-0.25, -0.2) is 0 Å². The Morgan fingerprint density at radius 2 is 2.05 bits per heavy atom. The summed E-state index contributed by atoms with van der Waals surface area (Å²) < 4.78 is 0. The van der Waals surface area contributed by atoms with Gasteiger partial charge in [-0.2, -0.15) is 0 Å². The van der Waals surface area contributed by atoms with Crippen LogP contribution in [0, 0.1) is 10.1 Å². The van der Waals surface area contributed by atoms with Crippen LogP contribution < -0.4 is 4.90 Å². The summed E-state index contributed by atoms with van der Waals surface area (Å²) in [6.45, 7) is 5.52. The highest BCUT2D eigenvalue weighted by Gasteiger charge is 2.18. The molecule has 1 N–H and O–H groups in total. The average Bonchev–Trinajstić information content (AvgIpc) is 2.38. The molecule has 1 atom stereocenters. The van der Waals surface area contributed by atoms with Gasteiger partial charge in [0.25, 0.3) is 5.69 Å². The monoisotopic (exact) mass is 281 g/mol. The van der Waals surface area contributed by atoms with Gasteiger partial charge in [0.15, 0.2) is 0 Å². The van der Waals surface area contributed by atoms with Gasteiger partial charge in [-0.1, -0.05) is 0 Å². The van der Waals surface area contributed by atoms with Crippen LogP contribution in [0.15, 0.2) is 18.2 Å². The van der Waals surface area contributed by atoms with Gasteiger partial charge in [0.1, 0.15) is 0 Å². The quantitative estimate of drug-likeness (QED) is 0.610. The van der Waals surface area contributed by atoms with Crippen LogP contribution in [-0.2, 0) is 6.61 Å². The van der Waals surface area contributed by atoms with Crippen LogP contribution in [0.4, 0.5) is 11.4 Å². The molecule has 0 heterocycles. The lowest BCUT2D eigenvalue weighted by Gasteiger charge is -2.32. The first kappa shape index (κ1) is 16.4. The van der Waals surface area contributed by atoms with E-state index in [1.165, 1.54) is 6.07 Å². The van der Waals surface area contributed by atoms with E-state index >= 15 is 0 Å². The van der Waals surface area contributed by atoms with Gasteiger partial charge in [0, 0.05) is 30.9 Å². The first-order chi connectivity index (χ1) is 9.40. The topological polar surface area (TPSA) is 69.8 Å². The van der Waals surface area contributed by atoms with Crippen molar-refractivity contribution < 1.29 is 10.0 Å². The van der Waals surface area contributed by atoms with Gasteiger partial charge in [-0.05, 0) is 40.1 Å². The molecule has 0 spiro atoms. The van der Waals surface area contributed by atoms with Gasteiger partial charge in [0.2, 0.25) is 0 Å². The van der Waals surface area contributed by atoms with Crippen LogP contribution in [-0.4, -0.2) is 48.2 Å². The second kappa shape index (κ2) is 7.21. The Hall–Kier alpha value is -1.66. The lowest BCUT2D eigenvalue weighted by atomic mass is 10.1. The van der Waals surface area contributed by atoms with Crippen molar-refractivity contribution in [1.29, 1.82) is 0 Å². The summed E-state index contributed by atoms with van der Waals surface area (Å²) in [6, 6.07) is 5.19. The number of likely N-dealkylation sites (N-methyl/N-ethyl adjacent to an activating group) is 2. The number of anilines is 1. The van der Waals surface area contributed by atoms with E-state index in [1.807, 2.05) is 21.0 Å². The molecule has 1 aromatic carbocycles. The van der Waals surface area contributed by atoms with Crippen molar-refractivity contribution in [3.05, 3.63) is 33.9 Å². The molecular formula is C14H23N3O3. The Morgan fingerprint density at radius 3 is 2.50 bits per heavy atom. The predicted molar refractivity (Wildman–Crippen MR) is 80.1 cm³/mol. The third-order valence-electron chi connectivity index (χ3n) is 3.26.